The summed E-state index contributed by atoms with van der Waals surface area (Å²) < 4.78 is 0. The summed E-state index contributed by atoms with van der Waals surface area (Å²) >= 11 is 1.75. The van der Waals surface area contributed by atoms with E-state index in [9.17, 15) is 9.90 Å². The highest BCUT2D eigenvalue weighted by Gasteiger charge is 2.21. The van der Waals surface area contributed by atoms with Gasteiger partial charge in [0.25, 0.3) is 0 Å². The summed E-state index contributed by atoms with van der Waals surface area (Å²) in [7, 11) is 0. The zero-order valence-corrected chi connectivity index (χ0v) is 10.8. The van der Waals surface area contributed by atoms with Crippen molar-refractivity contribution in [2.24, 2.45) is 0 Å². The van der Waals surface area contributed by atoms with E-state index >= 15 is 0 Å². The van der Waals surface area contributed by atoms with Gasteiger partial charge in [0.15, 0.2) is 0 Å². The molecule has 0 spiro atoms. The van der Waals surface area contributed by atoms with Gasteiger partial charge in [0.1, 0.15) is 0 Å². The van der Waals surface area contributed by atoms with Gasteiger partial charge in [-0.3, -0.25) is 4.79 Å². The van der Waals surface area contributed by atoms with Crippen LogP contribution < -0.4 is 0 Å². The minimum absolute atomic E-state index is 0.195. The average Bonchev–Trinajstić information content (AvgIpc) is 2.82. The van der Waals surface area contributed by atoms with Crippen molar-refractivity contribution in [1.82, 2.24) is 4.90 Å². The van der Waals surface area contributed by atoms with E-state index in [1.807, 2.05) is 11.0 Å². The van der Waals surface area contributed by atoms with Crippen molar-refractivity contribution >= 4 is 17.2 Å². The molecule has 0 radical (unpaired) electrons. The van der Waals surface area contributed by atoms with Crippen LogP contribution in [-0.4, -0.2) is 35.1 Å². The summed E-state index contributed by atoms with van der Waals surface area (Å²) in [4.78, 5) is 15.0. The van der Waals surface area contributed by atoms with Gasteiger partial charge in [0.2, 0.25) is 5.91 Å². The number of carbonyl (C=O) groups excluding carboxylic acids is 1. The van der Waals surface area contributed by atoms with Crippen LogP contribution in [0.25, 0.3) is 0 Å². The molecule has 0 unspecified atom stereocenters. The number of likely N-dealkylation sites (tertiary alicyclic amines) is 1. The normalized spacial score (nSPS) is 20.5. The number of aryl methyl sites for hydroxylation is 1. The van der Waals surface area contributed by atoms with E-state index in [0.29, 0.717) is 13.0 Å². The molecule has 17 heavy (non-hydrogen) atoms. The first-order chi connectivity index (χ1) is 8.25. The third-order valence-electron chi connectivity index (χ3n) is 3.14. The largest absolute Gasteiger partial charge is 0.391 e. The van der Waals surface area contributed by atoms with Gasteiger partial charge >= 0.3 is 0 Å². The van der Waals surface area contributed by atoms with Gasteiger partial charge in [0, 0.05) is 24.4 Å². The van der Waals surface area contributed by atoms with E-state index in [1.54, 1.807) is 11.3 Å². The molecule has 2 rings (SSSR count). The second-order valence-electron chi connectivity index (χ2n) is 4.57. The Labute approximate surface area is 106 Å². The van der Waals surface area contributed by atoms with Crippen LogP contribution in [0.5, 0.6) is 0 Å². The molecule has 0 aromatic carbocycles. The van der Waals surface area contributed by atoms with Crippen LogP contribution in [-0.2, 0) is 11.2 Å². The highest BCUT2D eigenvalue weighted by Crippen LogP contribution is 2.15. The van der Waals surface area contributed by atoms with Crippen molar-refractivity contribution in [2.45, 2.75) is 38.2 Å². The second kappa shape index (κ2) is 6.17. The lowest BCUT2D eigenvalue weighted by atomic mass is 10.1. The van der Waals surface area contributed by atoms with Gasteiger partial charge in [-0.25, -0.2) is 0 Å². The lowest BCUT2D eigenvalue weighted by Crippen LogP contribution is -2.42. The lowest BCUT2D eigenvalue weighted by Gasteiger charge is -2.30. The van der Waals surface area contributed by atoms with Gasteiger partial charge < -0.3 is 10.0 Å². The first kappa shape index (κ1) is 12.6. The number of amides is 1. The van der Waals surface area contributed by atoms with E-state index in [2.05, 4.69) is 11.4 Å². The molecule has 4 heteroatoms. The monoisotopic (exact) mass is 253 g/mol. The molecule has 0 saturated carbocycles. The van der Waals surface area contributed by atoms with E-state index in [4.69, 9.17) is 0 Å². The summed E-state index contributed by atoms with van der Waals surface area (Å²) in [5.41, 5.74) is 0. The minimum atomic E-state index is -0.315. The Kier molecular flexibility index (Phi) is 4.57. The molecular formula is C13H19NO2S. The highest BCUT2D eigenvalue weighted by molar-refractivity contribution is 7.09. The molecule has 1 N–H and O–H groups in total. The molecule has 1 aromatic heterocycles. The fourth-order valence-electron chi connectivity index (χ4n) is 2.21. The average molecular weight is 253 g/mol. The molecule has 1 atom stereocenters. The van der Waals surface area contributed by atoms with Crippen LogP contribution >= 0.6 is 11.3 Å². The maximum absolute atomic E-state index is 11.9. The maximum Gasteiger partial charge on any atom is 0.222 e. The summed E-state index contributed by atoms with van der Waals surface area (Å²) in [6, 6.07) is 4.16. The number of β-amino-alcohol motifs (C(OH)–C–C–N with tert-alkyl or cyclic N) is 1. The molecule has 1 aliphatic heterocycles. The van der Waals surface area contributed by atoms with Crippen LogP contribution in [0.2, 0.25) is 0 Å². The number of hydrogen-bond acceptors (Lipinski definition) is 3. The van der Waals surface area contributed by atoms with Crippen LogP contribution in [0.15, 0.2) is 17.5 Å². The number of aliphatic hydroxyl groups is 1. The molecule has 1 saturated heterocycles. The standard InChI is InChI=1S/C13H19NO2S/c15-11-4-2-8-14(10-11)13(16)7-1-5-12-6-3-9-17-12/h3,6,9,11,15H,1-2,4-5,7-8,10H2/t11-/m0/s1. The number of aliphatic hydroxyl groups excluding tert-OH is 1. The van der Waals surface area contributed by atoms with Gasteiger partial charge in [-0.1, -0.05) is 6.07 Å². The number of thiophene rings is 1. The molecule has 1 aliphatic rings. The number of carbonyl (C=O) groups is 1. The van der Waals surface area contributed by atoms with Crippen LogP contribution in [0.3, 0.4) is 0 Å². The van der Waals surface area contributed by atoms with Gasteiger partial charge in [-0.05, 0) is 37.1 Å². The van der Waals surface area contributed by atoms with Crippen molar-refractivity contribution < 1.29 is 9.90 Å². The van der Waals surface area contributed by atoms with Gasteiger partial charge in [-0.2, -0.15) is 0 Å². The van der Waals surface area contributed by atoms with E-state index < -0.39 is 0 Å². The molecule has 1 aromatic rings. The molecule has 94 valence electrons. The Morgan fingerprint density at radius 3 is 3.18 bits per heavy atom. The van der Waals surface area contributed by atoms with Crippen LogP contribution in [0.4, 0.5) is 0 Å². The van der Waals surface area contributed by atoms with Gasteiger partial charge in [0.05, 0.1) is 6.10 Å². The predicted octanol–water partition coefficient (Wildman–Crippen LogP) is 2.05. The van der Waals surface area contributed by atoms with Crippen LogP contribution in [0.1, 0.15) is 30.6 Å². The summed E-state index contributed by atoms with van der Waals surface area (Å²) in [5.74, 6) is 0.195. The Morgan fingerprint density at radius 2 is 2.47 bits per heavy atom. The molecule has 1 fully saturated rings. The second-order valence-corrected chi connectivity index (χ2v) is 5.60. The zero-order chi connectivity index (χ0) is 12.1. The van der Waals surface area contributed by atoms with Crippen molar-refractivity contribution in [3.8, 4) is 0 Å². The summed E-state index contributed by atoms with van der Waals surface area (Å²) in [6.45, 7) is 1.34. The SMILES string of the molecule is O=C(CCCc1cccs1)N1CCC[C@H](O)C1. The smallest absolute Gasteiger partial charge is 0.222 e. The molecule has 0 bridgehead atoms. The molecule has 2 heterocycles. The third kappa shape index (κ3) is 3.82. The molecular weight excluding hydrogens is 234 g/mol. The minimum Gasteiger partial charge on any atom is -0.391 e. The number of nitrogens with zero attached hydrogens (tertiary/aromatic N) is 1. The Balaban J connectivity index is 1.70. The topological polar surface area (TPSA) is 40.5 Å². The van der Waals surface area contributed by atoms with Crippen molar-refractivity contribution in [1.29, 1.82) is 0 Å². The van der Waals surface area contributed by atoms with E-state index in [1.165, 1.54) is 4.88 Å². The first-order valence-corrected chi connectivity index (χ1v) is 7.12. The highest BCUT2D eigenvalue weighted by atomic mass is 32.1. The van der Waals surface area contributed by atoms with Crippen molar-refractivity contribution in [2.75, 3.05) is 13.1 Å². The third-order valence-corrected chi connectivity index (χ3v) is 4.08. The quantitative estimate of drug-likeness (QED) is 0.892. The predicted molar refractivity (Wildman–Crippen MR) is 69.1 cm³/mol. The number of rotatable bonds is 4. The number of hydrogen-bond donors (Lipinski definition) is 1. The Morgan fingerprint density at radius 1 is 1.59 bits per heavy atom. The number of piperidine rings is 1. The fourth-order valence-corrected chi connectivity index (χ4v) is 2.96. The Hall–Kier alpha value is -0.870. The first-order valence-electron chi connectivity index (χ1n) is 6.24. The zero-order valence-electron chi connectivity index (χ0n) is 9.97. The maximum atomic E-state index is 11.9. The summed E-state index contributed by atoms with van der Waals surface area (Å²) in [6.07, 6.45) is 3.94. The Bertz CT molecular complexity index is 350. The summed E-state index contributed by atoms with van der Waals surface area (Å²) in [5, 5.41) is 11.6. The molecule has 3 nitrogen and oxygen atoms in total. The molecule has 1 amide bonds. The van der Waals surface area contributed by atoms with E-state index in [-0.39, 0.29) is 12.0 Å². The fraction of sp³-hybridized carbons (Fsp3) is 0.615. The van der Waals surface area contributed by atoms with Crippen molar-refractivity contribution in [3.63, 3.8) is 0 Å². The van der Waals surface area contributed by atoms with Crippen LogP contribution in [0, 0.1) is 0 Å². The molecule has 0 aliphatic carbocycles. The van der Waals surface area contributed by atoms with Crippen molar-refractivity contribution in [3.05, 3.63) is 22.4 Å². The van der Waals surface area contributed by atoms with E-state index in [0.717, 1.165) is 32.2 Å². The van der Waals surface area contributed by atoms with Gasteiger partial charge in [-0.15, -0.1) is 11.3 Å². The lowest BCUT2D eigenvalue weighted by molar-refractivity contribution is -0.134.